The number of fused-ring (bicyclic) bond motifs is 1. The van der Waals surface area contributed by atoms with Crippen molar-refractivity contribution in [1.82, 2.24) is 39.7 Å². The van der Waals surface area contributed by atoms with Crippen LogP contribution in [0.1, 0.15) is 5.82 Å². The van der Waals surface area contributed by atoms with Crippen molar-refractivity contribution in [3.63, 3.8) is 0 Å². The minimum absolute atomic E-state index is 0.395. The Morgan fingerprint density at radius 2 is 2.07 bits per heavy atom. The van der Waals surface area contributed by atoms with Crippen LogP contribution in [0.5, 0.6) is 0 Å². The van der Waals surface area contributed by atoms with Crippen LogP contribution >= 0.6 is 15.9 Å². The first-order valence-electron chi connectivity index (χ1n) is 9.09. The number of hydrogen-bond donors (Lipinski definition) is 2. The molecule has 0 radical (unpaired) electrons. The molecule has 0 atom stereocenters. The van der Waals surface area contributed by atoms with Crippen LogP contribution in [-0.2, 0) is 11.3 Å². The molecule has 0 bridgehead atoms. The number of hydrogen-bond acceptors (Lipinski definition) is 9. The van der Waals surface area contributed by atoms with Crippen molar-refractivity contribution >= 4 is 33.5 Å². The molecule has 0 aliphatic carbocycles. The fourth-order valence-electron chi connectivity index (χ4n) is 3.02. The highest BCUT2D eigenvalue weighted by atomic mass is 79.9. The maximum absolute atomic E-state index is 5.43. The molecule has 12 heteroatoms. The lowest BCUT2D eigenvalue weighted by Crippen LogP contribution is -2.37. The predicted molar refractivity (Wildman–Crippen MR) is 108 cm³/mol. The minimum atomic E-state index is 0.395. The molecule has 11 nitrogen and oxygen atoms in total. The van der Waals surface area contributed by atoms with Gasteiger partial charge in [0.15, 0.2) is 11.5 Å². The molecule has 1 fully saturated rings. The largest absolute Gasteiger partial charge is 0.378 e. The molecule has 1 aliphatic heterocycles. The molecule has 2 N–H and O–H groups in total. The number of halogens is 1. The number of rotatable bonds is 5. The van der Waals surface area contributed by atoms with Crippen LogP contribution in [0.25, 0.3) is 17.2 Å². The monoisotopic (exact) mass is 456 g/mol. The van der Waals surface area contributed by atoms with E-state index in [2.05, 4.69) is 61.4 Å². The Morgan fingerprint density at radius 3 is 2.90 bits per heavy atom. The lowest BCUT2D eigenvalue weighted by molar-refractivity contribution is 0.122. The SMILES string of the molecule is Brc1cnn2c(NCc3nnc(-c4ccccn4)[nH]3)nc(N3CCOCC3)nc12. The van der Waals surface area contributed by atoms with Gasteiger partial charge in [0, 0.05) is 19.3 Å². The van der Waals surface area contributed by atoms with E-state index >= 15 is 0 Å². The molecule has 5 heterocycles. The zero-order valence-electron chi connectivity index (χ0n) is 15.3. The van der Waals surface area contributed by atoms with Gasteiger partial charge in [-0.1, -0.05) is 6.07 Å². The fraction of sp³-hybridized carbons (Fsp3) is 0.294. The average Bonchev–Trinajstić information content (AvgIpc) is 3.40. The van der Waals surface area contributed by atoms with Crippen LogP contribution in [0, 0.1) is 0 Å². The molecular weight excluding hydrogens is 440 g/mol. The van der Waals surface area contributed by atoms with Crippen molar-refractivity contribution in [2.24, 2.45) is 0 Å². The molecule has 4 aromatic rings. The van der Waals surface area contributed by atoms with Gasteiger partial charge in [0.05, 0.1) is 30.4 Å². The maximum Gasteiger partial charge on any atom is 0.230 e. The molecule has 0 saturated carbocycles. The molecule has 148 valence electrons. The van der Waals surface area contributed by atoms with Gasteiger partial charge in [0.1, 0.15) is 11.5 Å². The summed E-state index contributed by atoms with van der Waals surface area (Å²) in [6, 6.07) is 5.64. The van der Waals surface area contributed by atoms with Gasteiger partial charge in [0.2, 0.25) is 11.9 Å². The summed E-state index contributed by atoms with van der Waals surface area (Å²) in [5.74, 6) is 2.48. The molecule has 4 aromatic heterocycles. The van der Waals surface area contributed by atoms with Crippen LogP contribution in [-0.4, -0.2) is 66.1 Å². The zero-order valence-corrected chi connectivity index (χ0v) is 16.9. The Hall–Kier alpha value is -3.12. The van der Waals surface area contributed by atoms with E-state index in [4.69, 9.17) is 4.74 Å². The van der Waals surface area contributed by atoms with Crippen molar-refractivity contribution < 1.29 is 4.74 Å². The number of morpholine rings is 1. The molecular formula is C17H17BrN10O. The third kappa shape index (κ3) is 3.63. The van der Waals surface area contributed by atoms with Crippen molar-refractivity contribution in [1.29, 1.82) is 0 Å². The van der Waals surface area contributed by atoms with Crippen molar-refractivity contribution in [3.8, 4) is 11.5 Å². The highest BCUT2D eigenvalue weighted by Crippen LogP contribution is 2.22. The van der Waals surface area contributed by atoms with Crippen molar-refractivity contribution in [2.45, 2.75) is 6.54 Å². The first-order valence-corrected chi connectivity index (χ1v) is 9.88. The minimum Gasteiger partial charge on any atom is -0.378 e. The standard InChI is InChI=1S/C17H17BrN10O/c18-11-9-21-28-15(11)23-17(27-5-7-29-8-6-27)24-16(28)20-10-13-22-14(26-25-13)12-3-1-2-4-19-12/h1-4,9H,5-8,10H2,(H,20,23,24)(H,22,25,26). The molecule has 0 unspecified atom stereocenters. The fourth-order valence-corrected chi connectivity index (χ4v) is 3.36. The van der Waals surface area contributed by atoms with Gasteiger partial charge in [0.25, 0.3) is 0 Å². The third-order valence-electron chi connectivity index (χ3n) is 4.46. The summed E-state index contributed by atoms with van der Waals surface area (Å²) in [4.78, 5) is 18.9. The summed E-state index contributed by atoms with van der Waals surface area (Å²) in [7, 11) is 0. The van der Waals surface area contributed by atoms with Crippen LogP contribution in [0.3, 0.4) is 0 Å². The van der Waals surface area contributed by atoms with Gasteiger partial charge in [-0.25, -0.2) is 0 Å². The lowest BCUT2D eigenvalue weighted by Gasteiger charge is -2.27. The van der Waals surface area contributed by atoms with Crippen molar-refractivity contribution in [2.75, 3.05) is 36.5 Å². The smallest absolute Gasteiger partial charge is 0.230 e. The van der Waals surface area contributed by atoms with Crippen molar-refractivity contribution in [3.05, 3.63) is 40.9 Å². The van der Waals surface area contributed by atoms with Gasteiger partial charge in [-0.2, -0.15) is 19.6 Å². The predicted octanol–water partition coefficient (Wildman–Crippen LogP) is 1.52. The average molecular weight is 457 g/mol. The Labute approximate surface area is 173 Å². The number of aromatic amines is 1. The molecule has 0 aromatic carbocycles. The van der Waals surface area contributed by atoms with Gasteiger partial charge in [-0.15, -0.1) is 10.2 Å². The highest BCUT2D eigenvalue weighted by Gasteiger charge is 2.18. The number of aromatic nitrogens is 8. The summed E-state index contributed by atoms with van der Waals surface area (Å²) in [6.07, 6.45) is 3.42. The Balaban J connectivity index is 1.40. The van der Waals surface area contributed by atoms with E-state index in [-0.39, 0.29) is 0 Å². The first kappa shape index (κ1) is 17.9. The number of pyridine rings is 1. The second-order valence-corrected chi connectivity index (χ2v) is 7.22. The van der Waals surface area contributed by atoms with Gasteiger partial charge in [-0.05, 0) is 28.1 Å². The van der Waals surface area contributed by atoms with Crippen LogP contribution in [0.2, 0.25) is 0 Å². The Morgan fingerprint density at radius 1 is 1.17 bits per heavy atom. The topological polar surface area (TPSA) is 122 Å². The van der Waals surface area contributed by atoms with Gasteiger partial charge >= 0.3 is 0 Å². The third-order valence-corrected chi connectivity index (χ3v) is 5.02. The maximum atomic E-state index is 5.43. The molecule has 0 spiro atoms. The summed E-state index contributed by atoms with van der Waals surface area (Å²) < 4.78 is 7.88. The van der Waals surface area contributed by atoms with E-state index in [0.29, 0.717) is 49.0 Å². The van der Waals surface area contributed by atoms with Crippen LogP contribution < -0.4 is 10.2 Å². The van der Waals surface area contributed by atoms with E-state index in [1.807, 2.05) is 18.2 Å². The number of anilines is 2. The van der Waals surface area contributed by atoms with Crippen LogP contribution in [0.4, 0.5) is 11.9 Å². The molecule has 0 amide bonds. The highest BCUT2D eigenvalue weighted by molar-refractivity contribution is 9.10. The number of nitrogens with one attached hydrogen (secondary N) is 2. The summed E-state index contributed by atoms with van der Waals surface area (Å²) in [6.45, 7) is 3.21. The first-order chi connectivity index (χ1) is 14.3. The van der Waals surface area contributed by atoms with E-state index in [1.54, 1.807) is 16.9 Å². The quantitative estimate of drug-likeness (QED) is 0.459. The van der Waals surface area contributed by atoms with E-state index in [1.165, 1.54) is 0 Å². The van der Waals surface area contributed by atoms with Gasteiger partial charge in [-0.3, -0.25) is 4.98 Å². The summed E-state index contributed by atoms with van der Waals surface area (Å²) in [5.41, 5.74) is 1.43. The second kappa shape index (κ2) is 7.72. The van der Waals surface area contributed by atoms with Gasteiger partial charge < -0.3 is 19.9 Å². The lowest BCUT2D eigenvalue weighted by atomic mass is 10.3. The normalized spacial score (nSPS) is 14.4. The zero-order chi connectivity index (χ0) is 19.6. The second-order valence-electron chi connectivity index (χ2n) is 6.36. The molecule has 29 heavy (non-hydrogen) atoms. The summed E-state index contributed by atoms with van der Waals surface area (Å²) >= 11 is 3.50. The number of ether oxygens (including phenoxy) is 1. The van der Waals surface area contributed by atoms with E-state index in [9.17, 15) is 0 Å². The molecule has 5 rings (SSSR count). The number of nitrogens with zero attached hydrogens (tertiary/aromatic N) is 8. The summed E-state index contributed by atoms with van der Waals surface area (Å²) in [5, 5.41) is 16.0. The number of H-pyrrole nitrogens is 1. The Kier molecular flexibility index (Phi) is 4.77. The van der Waals surface area contributed by atoms with E-state index in [0.717, 1.165) is 23.3 Å². The van der Waals surface area contributed by atoms with E-state index < -0.39 is 0 Å². The molecule has 1 aliphatic rings. The van der Waals surface area contributed by atoms with Crippen LogP contribution in [0.15, 0.2) is 35.1 Å². The Bertz CT molecular complexity index is 1120. The molecule has 1 saturated heterocycles.